The van der Waals surface area contributed by atoms with Crippen LogP contribution in [0, 0.1) is 0 Å². The van der Waals surface area contributed by atoms with Crippen LogP contribution in [-0.4, -0.2) is 23.9 Å². The van der Waals surface area contributed by atoms with Gasteiger partial charge in [-0.3, -0.25) is 0 Å². The Bertz CT molecular complexity index is 491. The van der Waals surface area contributed by atoms with E-state index in [1.165, 1.54) is 0 Å². The highest BCUT2D eigenvalue weighted by Gasteiger charge is 2.15. The van der Waals surface area contributed by atoms with Crippen molar-refractivity contribution in [1.82, 2.24) is 4.72 Å². The number of nitrogens with two attached hydrogens (primary N) is 1. The highest BCUT2D eigenvalue weighted by Crippen LogP contribution is 2.23. The number of ether oxygens (including phenoxy) is 1. The third kappa shape index (κ3) is 2.95. The van der Waals surface area contributed by atoms with Crippen molar-refractivity contribution in [2.24, 2.45) is 5.73 Å². The first-order valence-corrected chi connectivity index (χ1v) is 6.78. The van der Waals surface area contributed by atoms with Gasteiger partial charge < -0.3 is 10.5 Å². The Balaban J connectivity index is 2.09. The second-order valence-corrected chi connectivity index (χ2v) is 5.21. The molecule has 0 saturated carbocycles. The lowest BCUT2D eigenvalue weighted by Gasteiger charge is -2.17. The van der Waals surface area contributed by atoms with Gasteiger partial charge in [0, 0.05) is 18.7 Å². The van der Waals surface area contributed by atoms with E-state index in [-0.39, 0.29) is 13.2 Å². The van der Waals surface area contributed by atoms with Gasteiger partial charge in [-0.05, 0) is 30.2 Å². The van der Waals surface area contributed by atoms with Gasteiger partial charge in [-0.2, -0.15) is 0 Å². The van der Waals surface area contributed by atoms with Crippen molar-refractivity contribution < 1.29 is 13.3 Å². The van der Waals surface area contributed by atoms with Crippen LogP contribution in [0.3, 0.4) is 0 Å². The molecule has 0 saturated heterocycles. The van der Waals surface area contributed by atoms with Gasteiger partial charge in [0.15, 0.2) is 0 Å². The molecule has 1 atom stereocenters. The number of rotatable bonds is 4. The van der Waals surface area contributed by atoms with E-state index in [4.69, 9.17) is 10.5 Å². The van der Waals surface area contributed by atoms with Crippen LogP contribution in [0.5, 0.6) is 5.75 Å². The third-order valence-electron chi connectivity index (χ3n) is 2.70. The summed E-state index contributed by atoms with van der Waals surface area (Å²) in [6.07, 6.45) is 1.28. The van der Waals surface area contributed by atoms with Crippen LogP contribution in [0.2, 0.25) is 0 Å². The highest BCUT2D eigenvalue weighted by atomic mass is 32.2. The molecular weight excluding hydrogens is 255 g/mol. The molecule has 1 aliphatic rings. The van der Waals surface area contributed by atoms with Crippen molar-refractivity contribution in [2.45, 2.75) is 11.3 Å². The number of hydrogen-bond donors (Lipinski definition) is 2. The fourth-order valence-corrected chi connectivity index (χ4v) is 2.72. The Morgan fingerprint density at radius 1 is 1.61 bits per heavy atom. The molecule has 0 fully saturated rings. The third-order valence-corrected chi connectivity index (χ3v) is 3.96. The number of benzene rings is 1. The molecular formula is C12H15FN2O2S. The van der Waals surface area contributed by atoms with E-state index >= 15 is 0 Å². The lowest BCUT2D eigenvalue weighted by Crippen LogP contribution is -2.26. The predicted molar refractivity (Wildman–Crippen MR) is 68.3 cm³/mol. The first kappa shape index (κ1) is 13.2. The molecule has 98 valence electrons. The van der Waals surface area contributed by atoms with E-state index in [1.807, 2.05) is 6.07 Å². The molecule has 0 bridgehead atoms. The van der Waals surface area contributed by atoms with Crippen molar-refractivity contribution >= 4 is 11.0 Å². The molecule has 1 heterocycles. The van der Waals surface area contributed by atoms with E-state index in [1.54, 1.807) is 12.1 Å². The average Bonchev–Trinajstić information content (AvgIpc) is 2.40. The van der Waals surface area contributed by atoms with E-state index in [0.717, 1.165) is 16.9 Å². The summed E-state index contributed by atoms with van der Waals surface area (Å²) in [6, 6.07) is 5.35. The Morgan fingerprint density at radius 2 is 2.44 bits per heavy atom. The highest BCUT2D eigenvalue weighted by molar-refractivity contribution is 7.83. The Morgan fingerprint density at radius 3 is 3.17 bits per heavy atom. The number of hydrogen-bond acceptors (Lipinski definition) is 3. The van der Waals surface area contributed by atoms with Crippen molar-refractivity contribution in [2.75, 3.05) is 19.7 Å². The molecule has 0 spiro atoms. The smallest absolute Gasteiger partial charge is 0.125 e. The summed E-state index contributed by atoms with van der Waals surface area (Å²) < 4.78 is 32.3. The zero-order chi connectivity index (χ0) is 13.0. The maximum atomic E-state index is 12.3. The van der Waals surface area contributed by atoms with Crippen LogP contribution in [0.1, 0.15) is 5.56 Å². The number of nitrogens with one attached hydrogen (secondary N) is 1. The maximum absolute atomic E-state index is 12.3. The monoisotopic (exact) mass is 270 g/mol. The standard InChI is InChI=1S/C12H15FN2O2S/c13-6-9(7-14)8-17-11-1-2-12-10(5-11)3-4-15-18(12)16/h1-2,5-6,15H,3-4,7-8,14H2/b9-6-. The van der Waals surface area contributed by atoms with E-state index < -0.39 is 11.0 Å². The van der Waals surface area contributed by atoms with Crippen molar-refractivity contribution in [3.63, 3.8) is 0 Å². The first-order valence-electron chi connectivity index (χ1n) is 5.64. The molecule has 3 N–H and O–H groups in total. The largest absolute Gasteiger partial charge is 0.489 e. The quantitative estimate of drug-likeness (QED) is 0.859. The number of fused-ring (bicyclic) bond motifs is 1. The summed E-state index contributed by atoms with van der Waals surface area (Å²) in [4.78, 5) is 0.786. The fourth-order valence-electron chi connectivity index (χ4n) is 1.69. The minimum absolute atomic E-state index is 0.132. The molecule has 0 aliphatic carbocycles. The molecule has 18 heavy (non-hydrogen) atoms. The van der Waals surface area contributed by atoms with Crippen molar-refractivity contribution in [3.05, 3.63) is 35.7 Å². The van der Waals surface area contributed by atoms with Gasteiger partial charge in [0.05, 0.1) is 11.2 Å². The molecule has 2 rings (SSSR count). The van der Waals surface area contributed by atoms with Gasteiger partial charge >= 0.3 is 0 Å². The summed E-state index contributed by atoms with van der Waals surface area (Å²) in [5, 5.41) is 0. The van der Waals surface area contributed by atoms with Gasteiger partial charge in [-0.1, -0.05) is 0 Å². The molecule has 0 radical (unpaired) electrons. The van der Waals surface area contributed by atoms with Gasteiger partial charge in [0.25, 0.3) is 0 Å². The minimum Gasteiger partial charge on any atom is -0.489 e. The molecule has 1 unspecified atom stereocenters. The van der Waals surface area contributed by atoms with Crippen LogP contribution in [0.4, 0.5) is 4.39 Å². The summed E-state index contributed by atoms with van der Waals surface area (Å²) in [5.41, 5.74) is 6.74. The molecule has 6 heteroatoms. The fraction of sp³-hybridized carbons (Fsp3) is 0.333. The topological polar surface area (TPSA) is 64.3 Å². The summed E-state index contributed by atoms with van der Waals surface area (Å²) in [6.45, 7) is 0.948. The molecule has 4 nitrogen and oxygen atoms in total. The minimum atomic E-state index is -1.14. The summed E-state index contributed by atoms with van der Waals surface area (Å²) in [7, 11) is -1.14. The summed E-state index contributed by atoms with van der Waals surface area (Å²) in [5.74, 6) is 0.639. The van der Waals surface area contributed by atoms with Gasteiger partial charge in [-0.15, -0.1) is 0 Å². The molecule has 1 aromatic carbocycles. The predicted octanol–water partition coefficient (Wildman–Crippen LogP) is 1.05. The van der Waals surface area contributed by atoms with Crippen LogP contribution in [0.15, 0.2) is 35.0 Å². The number of halogens is 1. The van der Waals surface area contributed by atoms with E-state index in [0.29, 0.717) is 24.2 Å². The Labute approximate surface area is 108 Å². The second kappa shape index (κ2) is 6.08. The van der Waals surface area contributed by atoms with Gasteiger partial charge in [0.2, 0.25) is 0 Å². The second-order valence-electron chi connectivity index (χ2n) is 3.94. The van der Waals surface area contributed by atoms with Crippen LogP contribution < -0.4 is 15.2 Å². The molecule has 1 aromatic rings. The van der Waals surface area contributed by atoms with E-state index in [2.05, 4.69) is 4.72 Å². The van der Waals surface area contributed by atoms with Crippen molar-refractivity contribution in [3.8, 4) is 5.75 Å². The average molecular weight is 270 g/mol. The first-order chi connectivity index (χ1) is 8.74. The SMILES string of the molecule is NC/C(=C/F)COc1ccc2c(c1)CCNS2=O. The van der Waals surface area contributed by atoms with Gasteiger partial charge in [-0.25, -0.2) is 13.3 Å². The summed E-state index contributed by atoms with van der Waals surface area (Å²) >= 11 is 0. The Kier molecular flexibility index (Phi) is 4.46. The molecule has 0 aromatic heterocycles. The van der Waals surface area contributed by atoms with Crippen molar-refractivity contribution in [1.29, 1.82) is 0 Å². The van der Waals surface area contributed by atoms with Crippen LogP contribution in [-0.2, 0) is 17.4 Å². The lowest BCUT2D eigenvalue weighted by molar-refractivity contribution is 0.347. The zero-order valence-corrected chi connectivity index (χ0v) is 10.6. The van der Waals surface area contributed by atoms with Crippen LogP contribution >= 0.6 is 0 Å². The van der Waals surface area contributed by atoms with Crippen LogP contribution in [0.25, 0.3) is 0 Å². The zero-order valence-electron chi connectivity index (χ0n) is 9.82. The van der Waals surface area contributed by atoms with Gasteiger partial charge in [0.1, 0.15) is 23.3 Å². The molecule has 1 aliphatic heterocycles. The van der Waals surface area contributed by atoms with E-state index in [9.17, 15) is 8.60 Å². The lowest BCUT2D eigenvalue weighted by atomic mass is 10.1. The molecule has 0 amide bonds. The Hall–Kier alpha value is -1.24. The maximum Gasteiger partial charge on any atom is 0.125 e. The normalized spacial score (nSPS) is 19.4.